The standard InChI is InChI=1S/C13H17Cl2NO2/c1-2-18-12(17)7-6-10(16)8-9-4-3-5-11(14)13(9)15/h3-5,10H,2,6-8,16H2,1H3. The number of hydrogen-bond acceptors (Lipinski definition) is 3. The molecule has 0 aliphatic carbocycles. The van der Waals surface area contributed by atoms with Gasteiger partial charge in [-0.15, -0.1) is 0 Å². The Kier molecular flexibility index (Phi) is 6.47. The van der Waals surface area contributed by atoms with Crippen LogP contribution in [0.1, 0.15) is 25.3 Å². The minimum atomic E-state index is -0.217. The number of rotatable bonds is 6. The van der Waals surface area contributed by atoms with Crippen molar-refractivity contribution in [1.82, 2.24) is 0 Å². The van der Waals surface area contributed by atoms with Gasteiger partial charge in [-0.3, -0.25) is 4.79 Å². The van der Waals surface area contributed by atoms with Crippen molar-refractivity contribution < 1.29 is 9.53 Å². The Morgan fingerprint density at radius 2 is 2.17 bits per heavy atom. The Balaban J connectivity index is 2.47. The van der Waals surface area contributed by atoms with Gasteiger partial charge >= 0.3 is 5.97 Å². The summed E-state index contributed by atoms with van der Waals surface area (Å²) in [5.41, 5.74) is 6.86. The first kappa shape index (κ1) is 15.3. The highest BCUT2D eigenvalue weighted by Crippen LogP contribution is 2.26. The summed E-state index contributed by atoms with van der Waals surface area (Å²) in [6, 6.07) is 5.32. The van der Waals surface area contributed by atoms with Crippen LogP contribution < -0.4 is 5.73 Å². The lowest BCUT2D eigenvalue weighted by atomic mass is 10.0. The number of halogens is 2. The molecule has 1 aromatic carbocycles. The van der Waals surface area contributed by atoms with Gasteiger partial charge in [0.1, 0.15) is 0 Å². The van der Waals surface area contributed by atoms with Crippen LogP contribution in [0.2, 0.25) is 10.0 Å². The van der Waals surface area contributed by atoms with Crippen molar-refractivity contribution >= 4 is 29.2 Å². The molecular weight excluding hydrogens is 273 g/mol. The number of carbonyl (C=O) groups is 1. The molecule has 5 heteroatoms. The third kappa shape index (κ3) is 4.84. The summed E-state index contributed by atoms with van der Waals surface area (Å²) in [6.07, 6.45) is 1.49. The maximum atomic E-state index is 11.2. The quantitative estimate of drug-likeness (QED) is 0.818. The SMILES string of the molecule is CCOC(=O)CCC(N)Cc1cccc(Cl)c1Cl. The number of nitrogens with two attached hydrogens (primary N) is 1. The molecule has 0 aliphatic rings. The lowest BCUT2D eigenvalue weighted by Gasteiger charge is -2.12. The molecule has 1 atom stereocenters. The van der Waals surface area contributed by atoms with E-state index in [0.717, 1.165) is 5.56 Å². The highest BCUT2D eigenvalue weighted by atomic mass is 35.5. The van der Waals surface area contributed by atoms with E-state index in [9.17, 15) is 4.79 Å². The second-order valence-corrected chi connectivity index (χ2v) is 4.81. The number of carbonyl (C=O) groups excluding carboxylic acids is 1. The van der Waals surface area contributed by atoms with Crippen LogP contribution in [-0.4, -0.2) is 18.6 Å². The minimum absolute atomic E-state index is 0.134. The van der Waals surface area contributed by atoms with Crippen molar-refractivity contribution in [1.29, 1.82) is 0 Å². The van der Waals surface area contributed by atoms with Crippen molar-refractivity contribution in [3.63, 3.8) is 0 Å². The average molecular weight is 290 g/mol. The van der Waals surface area contributed by atoms with E-state index in [1.165, 1.54) is 0 Å². The fraction of sp³-hybridized carbons (Fsp3) is 0.462. The number of benzene rings is 1. The van der Waals surface area contributed by atoms with E-state index in [4.69, 9.17) is 33.7 Å². The van der Waals surface area contributed by atoms with Crippen LogP contribution in [0.5, 0.6) is 0 Å². The molecule has 0 spiro atoms. The van der Waals surface area contributed by atoms with Gasteiger partial charge in [0.05, 0.1) is 16.7 Å². The van der Waals surface area contributed by atoms with Gasteiger partial charge in [0, 0.05) is 12.5 Å². The van der Waals surface area contributed by atoms with Gasteiger partial charge in [-0.05, 0) is 31.4 Å². The summed E-state index contributed by atoms with van der Waals surface area (Å²) in [5, 5.41) is 1.05. The van der Waals surface area contributed by atoms with Crippen LogP contribution in [0.25, 0.3) is 0 Å². The molecule has 3 nitrogen and oxygen atoms in total. The zero-order chi connectivity index (χ0) is 13.5. The van der Waals surface area contributed by atoms with Crippen molar-refractivity contribution in [2.75, 3.05) is 6.61 Å². The van der Waals surface area contributed by atoms with Crippen LogP contribution in [0, 0.1) is 0 Å². The van der Waals surface area contributed by atoms with E-state index < -0.39 is 0 Å². The minimum Gasteiger partial charge on any atom is -0.466 e. The van der Waals surface area contributed by atoms with Crippen molar-refractivity contribution in [2.45, 2.75) is 32.2 Å². The Hall–Kier alpha value is -0.770. The van der Waals surface area contributed by atoms with E-state index in [1.807, 2.05) is 12.1 Å². The van der Waals surface area contributed by atoms with Crippen LogP contribution in [0.4, 0.5) is 0 Å². The van der Waals surface area contributed by atoms with Crippen LogP contribution >= 0.6 is 23.2 Å². The van der Waals surface area contributed by atoms with Gasteiger partial charge in [-0.2, -0.15) is 0 Å². The van der Waals surface area contributed by atoms with Gasteiger partial charge < -0.3 is 10.5 Å². The number of esters is 1. The molecule has 0 aliphatic heterocycles. The molecule has 0 aromatic heterocycles. The molecule has 0 saturated heterocycles. The predicted molar refractivity (Wildman–Crippen MR) is 74.0 cm³/mol. The largest absolute Gasteiger partial charge is 0.466 e. The Labute approximate surface area is 117 Å². The molecule has 0 saturated carbocycles. The zero-order valence-electron chi connectivity index (χ0n) is 10.3. The van der Waals surface area contributed by atoms with Gasteiger partial charge in [0.15, 0.2) is 0 Å². The van der Waals surface area contributed by atoms with E-state index >= 15 is 0 Å². The molecular formula is C13H17Cl2NO2. The summed E-state index contributed by atoms with van der Waals surface area (Å²) in [4.78, 5) is 11.2. The first-order valence-electron chi connectivity index (χ1n) is 5.88. The maximum Gasteiger partial charge on any atom is 0.305 e. The predicted octanol–water partition coefficient (Wildman–Crippen LogP) is 3.21. The molecule has 0 fully saturated rings. The third-order valence-corrected chi connectivity index (χ3v) is 3.40. The van der Waals surface area contributed by atoms with Crippen LogP contribution in [0.15, 0.2) is 18.2 Å². The third-order valence-electron chi connectivity index (χ3n) is 2.54. The second-order valence-electron chi connectivity index (χ2n) is 4.02. The van der Waals surface area contributed by atoms with Crippen LogP contribution in [0.3, 0.4) is 0 Å². The average Bonchev–Trinajstić information content (AvgIpc) is 2.33. The smallest absolute Gasteiger partial charge is 0.305 e. The highest BCUT2D eigenvalue weighted by Gasteiger charge is 2.11. The topological polar surface area (TPSA) is 52.3 Å². The first-order chi connectivity index (χ1) is 8.54. The molecule has 1 rings (SSSR count). The molecule has 18 heavy (non-hydrogen) atoms. The lowest BCUT2D eigenvalue weighted by molar-refractivity contribution is -0.143. The summed E-state index contributed by atoms with van der Waals surface area (Å²) in [7, 11) is 0. The molecule has 0 bridgehead atoms. The van der Waals surface area contributed by atoms with Crippen molar-refractivity contribution in [3.05, 3.63) is 33.8 Å². The lowest BCUT2D eigenvalue weighted by Crippen LogP contribution is -2.24. The monoisotopic (exact) mass is 289 g/mol. The molecule has 0 radical (unpaired) electrons. The fourth-order valence-electron chi connectivity index (χ4n) is 1.63. The Morgan fingerprint density at radius 1 is 1.44 bits per heavy atom. The van der Waals surface area contributed by atoms with E-state index in [-0.39, 0.29) is 12.0 Å². The van der Waals surface area contributed by atoms with E-state index in [1.54, 1.807) is 13.0 Å². The molecule has 100 valence electrons. The summed E-state index contributed by atoms with van der Waals surface area (Å²) in [5.74, 6) is -0.217. The fourth-order valence-corrected chi connectivity index (χ4v) is 2.02. The van der Waals surface area contributed by atoms with Gasteiger partial charge in [-0.1, -0.05) is 35.3 Å². The number of ether oxygens (including phenoxy) is 1. The summed E-state index contributed by atoms with van der Waals surface area (Å²) >= 11 is 12.0. The van der Waals surface area contributed by atoms with Gasteiger partial charge in [0.25, 0.3) is 0 Å². The Morgan fingerprint density at radius 3 is 2.83 bits per heavy atom. The van der Waals surface area contributed by atoms with Crippen molar-refractivity contribution in [3.8, 4) is 0 Å². The Bertz CT molecular complexity index is 410. The number of hydrogen-bond donors (Lipinski definition) is 1. The maximum absolute atomic E-state index is 11.2. The summed E-state index contributed by atoms with van der Waals surface area (Å²) < 4.78 is 4.84. The molecule has 2 N–H and O–H groups in total. The van der Waals surface area contributed by atoms with Crippen LogP contribution in [-0.2, 0) is 16.0 Å². The van der Waals surface area contributed by atoms with Gasteiger partial charge in [0.2, 0.25) is 0 Å². The molecule has 1 aromatic rings. The first-order valence-corrected chi connectivity index (χ1v) is 6.64. The second kappa shape index (κ2) is 7.62. The molecule has 0 heterocycles. The summed E-state index contributed by atoms with van der Waals surface area (Å²) in [6.45, 7) is 2.18. The van der Waals surface area contributed by atoms with Gasteiger partial charge in [-0.25, -0.2) is 0 Å². The molecule has 0 amide bonds. The normalized spacial score (nSPS) is 12.2. The van der Waals surface area contributed by atoms with E-state index in [2.05, 4.69) is 0 Å². The zero-order valence-corrected chi connectivity index (χ0v) is 11.8. The van der Waals surface area contributed by atoms with Crippen molar-refractivity contribution in [2.24, 2.45) is 5.73 Å². The molecule has 1 unspecified atom stereocenters. The highest BCUT2D eigenvalue weighted by molar-refractivity contribution is 6.42. The van der Waals surface area contributed by atoms with E-state index in [0.29, 0.717) is 35.9 Å².